The predicted molar refractivity (Wildman–Crippen MR) is 95.9 cm³/mol. The number of hydrogen-bond donors (Lipinski definition) is 1. The lowest BCUT2D eigenvalue weighted by Crippen LogP contribution is -2.21. The summed E-state index contributed by atoms with van der Waals surface area (Å²) in [5, 5.41) is 14.8. The molecule has 3 atom stereocenters. The lowest BCUT2D eigenvalue weighted by Gasteiger charge is -2.21. The van der Waals surface area contributed by atoms with Gasteiger partial charge >= 0.3 is 0 Å². The Kier molecular flexibility index (Phi) is 4.76. The van der Waals surface area contributed by atoms with Crippen LogP contribution >= 0.6 is 24.0 Å². The molecule has 0 amide bonds. The fourth-order valence-electron chi connectivity index (χ4n) is 3.82. The third-order valence-electron chi connectivity index (χ3n) is 4.98. The quantitative estimate of drug-likeness (QED) is 0.499. The molecule has 2 fully saturated rings. The molecule has 2 aliphatic rings. The van der Waals surface area contributed by atoms with E-state index in [1.54, 1.807) is 12.1 Å². The van der Waals surface area contributed by atoms with E-state index in [9.17, 15) is 10.1 Å². The van der Waals surface area contributed by atoms with Crippen molar-refractivity contribution in [2.75, 3.05) is 0 Å². The summed E-state index contributed by atoms with van der Waals surface area (Å²) < 4.78 is 0. The number of halogens is 2. The normalized spacial score (nSPS) is 24.6. The molecule has 5 nitrogen and oxygen atoms in total. The molecule has 2 aromatic rings. The zero-order valence-electron chi connectivity index (χ0n) is 12.8. The van der Waals surface area contributed by atoms with Crippen molar-refractivity contribution in [2.45, 2.75) is 37.3 Å². The second-order valence-electron chi connectivity index (χ2n) is 6.30. The molecule has 24 heavy (non-hydrogen) atoms. The van der Waals surface area contributed by atoms with Crippen molar-refractivity contribution in [3.05, 3.63) is 57.4 Å². The molecule has 2 bridgehead atoms. The van der Waals surface area contributed by atoms with Gasteiger partial charge in [0.1, 0.15) is 5.15 Å². The Bertz CT molecular complexity index is 767. The van der Waals surface area contributed by atoms with Gasteiger partial charge in [-0.25, -0.2) is 4.98 Å². The van der Waals surface area contributed by atoms with E-state index in [4.69, 9.17) is 11.6 Å². The van der Waals surface area contributed by atoms with Crippen LogP contribution in [-0.4, -0.2) is 22.0 Å². The topological polar surface area (TPSA) is 68.1 Å². The molecule has 2 saturated heterocycles. The van der Waals surface area contributed by atoms with Gasteiger partial charge in [-0.1, -0.05) is 11.6 Å². The summed E-state index contributed by atoms with van der Waals surface area (Å²) >= 11 is 6.26. The maximum Gasteiger partial charge on any atom is 0.269 e. The van der Waals surface area contributed by atoms with Gasteiger partial charge in [-0.3, -0.25) is 10.1 Å². The van der Waals surface area contributed by atoms with Crippen molar-refractivity contribution in [2.24, 2.45) is 0 Å². The van der Waals surface area contributed by atoms with E-state index in [0.29, 0.717) is 23.2 Å². The van der Waals surface area contributed by atoms with Crippen LogP contribution < -0.4 is 5.32 Å². The molecule has 0 spiro atoms. The van der Waals surface area contributed by atoms with Gasteiger partial charge < -0.3 is 5.32 Å². The Labute approximate surface area is 151 Å². The number of nitrogens with zero attached hydrogens (tertiary/aromatic N) is 2. The van der Waals surface area contributed by atoms with Crippen LogP contribution in [0.4, 0.5) is 5.69 Å². The Balaban J connectivity index is 0.00000169. The zero-order chi connectivity index (χ0) is 16.0. The Morgan fingerprint density at radius 2 is 2.00 bits per heavy atom. The number of fused-ring (bicyclic) bond motifs is 2. The van der Waals surface area contributed by atoms with Gasteiger partial charge in [0, 0.05) is 41.9 Å². The number of nitro benzene ring substituents is 1. The number of nitrogens with one attached hydrogen (secondary N) is 1. The number of nitro groups is 1. The third kappa shape index (κ3) is 2.99. The molecule has 1 N–H and O–H groups in total. The van der Waals surface area contributed by atoms with Gasteiger partial charge in [0.25, 0.3) is 5.69 Å². The minimum absolute atomic E-state index is 0. The average Bonchev–Trinajstić information content (AvgIpc) is 3.18. The van der Waals surface area contributed by atoms with E-state index in [0.717, 1.165) is 17.5 Å². The highest BCUT2D eigenvalue weighted by molar-refractivity contribution is 6.32. The first-order valence-corrected chi connectivity index (χ1v) is 8.16. The third-order valence-corrected chi connectivity index (χ3v) is 5.28. The van der Waals surface area contributed by atoms with Crippen molar-refractivity contribution in [3.8, 4) is 11.1 Å². The fourth-order valence-corrected chi connectivity index (χ4v) is 4.04. The standard InChI is InChI=1S/C17H16ClN3O2.ClH/c18-17-15(10-1-4-13(5-2-10)21(22)23)7-11(9-19-17)14-8-12-3-6-16(14)20-12;/h1-2,4-5,7,9,12,14,16,20H,3,6,8H2;1H/t12-,14+,16+;/m0./s1. The minimum Gasteiger partial charge on any atom is -0.311 e. The number of pyridine rings is 1. The minimum atomic E-state index is -0.402. The number of benzene rings is 1. The summed E-state index contributed by atoms with van der Waals surface area (Å²) in [6.07, 6.45) is 5.49. The predicted octanol–water partition coefficient (Wildman–Crippen LogP) is 4.34. The van der Waals surface area contributed by atoms with Crippen LogP contribution in [0.3, 0.4) is 0 Å². The van der Waals surface area contributed by atoms with E-state index in [2.05, 4.69) is 16.4 Å². The molecule has 0 radical (unpaired) electrons. The van der Waals surface area contributed by atoms with Crippen molar-refractivity contribution in [3.63, 3.8) is 0 Å². The monoisotopic (exact) mass is 365 g/mol. The highest BCUT2D eigenvalue weighted by Crippen LogP contribution is 2.41. The molecule has 1 aromatic heterocycles. The molecule has 4 rings (SSSR count). The van der Waals surface area contributed by atoms with Crippen LogP contribution in [0.25, 0.3) is 11.1 Å². The first-order valence-electron chi connectivity index (χ1n) is 7.78. The molecule has 0 unspecified atom stereocenters. The number of hydrogen-bond acceptors (Lipinski definition) is 4. The molecule has 3 heterocycles. The summed E-state index contributed by atoms with van der Waals surface area (Å²) in [5.41, 5.74) is 2.96. The van der Waals surface area contributed by atoms with Crippen molar-refractivity contribution < 1.29 is 4.92 Å². The molecular weight excluding hydrogens is 349 g/mol. The van der Waals surface area contributed by atoms with E-state index in [1.165, 1.54) is 30.5 Å². The van der Waals surface area contributed by atoms with E-state index in [-0.39, 0.29) is 18.1 Å². The SMILES string of the molecule is Cl.O=[N+]([O-])c1ccc(-c2cc([C@H]3C[C@@H]4CC[C@H]3N4)cnc2Cl)cc1. The maximum atomic E-state index is 10.8. The van der Waals surface area contributed by atoms with Crippen LogP contribution in [0.1, 0.15) is 30.7 Å². The lowest BCUT2D eigenvalue weighted by molar-refractivity contribution is -0.384. The van der Waals surface area contributed by atoms with Crippen LogP contribution in [-0.2, 0) is 0 Å². The number of rotatable bonds is 3. The zero-order valence-corrected chi connectivity index (χ0v) is 14.4. The largest absolute Gasteiger partial charge is 0.311 e. The van der Waals surface area contributed by atoms with Crippen LogP contribution in [0.5, 0.6) is 0 Å². The highest BCUT2D eigenvalue weighted by atomic mass is 35.5. The first kappa shape index (κ1) is 17.1. The molecule has 7 heteroatoms. The molecule has 1 aromatic carbocycles. The molecule has 126 valence electrons. The van der Waals surface area contributed by atoms with Crippen LogP contribution in [0.15, 0.2) is 36.5 Å². The summed E-state index contributed by atoms with van der Waals surface area (Å²) in [7, 11) is 0. The van der Waals surface area contributed by atoms with Crippen molar-refractivity contribution >= 4 is 29.7 Å². The Morgan fingerprint density at radius 1 is 1.25 bits per heavy atom. The van der Waals surface area contributed by atoms with Gasteiger partial charge in [0.05, 0.1) is 4.92 Å². The smallest absolute Gasteiger partial charge is 0.269 e. The van der Waals surface area contributed by atoms with Gasteiger partial charge in [-0.2, -0.15) is 0 Å². The number of aromatic nitrogens is 1. The van der Waals surface area contributed by atoms with E-state index >= 15 is 0 Å². The van der Waals surface area contributed by atoms with Gasteiger partial charge in [-0.15, -0.1) is 12.4 Å². The summed E-state index contributed by atoms with van der Waals surface area (Å²) in [4.78, 5) is 14.7. The van der Waals surface area contributed by atoms with Crippen molar-refractivity contribution in [1.82, 2.24) is 10.3 Å². The Morgan fingerprint density at radius 3 is 2.58 bits per heavy atom. The summed E-state index contributed by atoms with van der Waals surface area (Å²) in [6, 6.07) is 9.70. The maximum absolute atomic E-state index is 10.8. The van der Waals surface area contributed by atoms with Gasteiger partial charge in [0.2, 0.25) is 0 Å². The van der Waals surface area contributed by atoms with Gasteiger partial charge in [-0.05, 0) is 48.6 Å². The summed E-state index contributed by atoms with van der Waals surface area (Å²) in [5.74, 6) is 0.482. The van der Waals surface area contributed by atoms with E-state index in [1.807, 2.05) is 6.20 Å². The summed E-state index contributed by atoms with van der Waals surface area (Å²) in [6.45, 7) is 0. The van der Waals surface area contributed by atoms with Gasteiger partial charge in [0.15, 0.2) is 0 Å². The number of non-ortho nitro benzene ring substituents is 1. The van der Waals surface area contributed by atoms with E-state index < -0.39 is 4.92 Å². The Hall–Kier alpha value is -1.69. The first-order chi connectivity index (χ1) is 11.1. The highest BCUT2D eigenvalue weighted by Gasteiger charge is 2.39. The average molecular weight is 366 g/mol. The van der Waals surface area contributed by atoms with Crippen molar-refractivity contribution in [1.29, 1.82) is 0 Å². The van der Waals surface area contributed by atoms with Crippen LogP contribution in [0, 0.1) is 10.1 Å². The van der Waals surface area contributed by atoms with Crippen LogP contribution in [0.2, 0.25) is 5.15 Å². The molecular formula is C17H17Cl2N3O2. The second kappa shape index (κ2) is 6.67. The fraction of sp³-hybridized carbons (Fsp3) is 0.353. The molecule has 2 aliphatic heterocycles. The molecule has 0 saturated carbocycles. The second-order valence-corrected chi connectivity index (χ2v) is 6.66. The lowest BCUT2D eigenvalue weighted by atomic mass is 9.84. The molecule has 0 aliphatic carbocycles.